The van der Waals surface area contributed by atoms with E-state index >= 15 is 0 Å². The Hall–Kier alpha value is -0.300. The van der Waals surface area contributed by atoms with Gasteiger partial charge in [-0.05, 0) is 27.7 Å². The summed E-state index contributed by atoms with van der Waals surface area (Å²) >= 11 is 0. The first kappa shape index (κ1) is 8.70. The van der Waals surface area contributed by atoms with Crippen LogP contribution in [0.2, 0.25) is 0 Å². The molecule has 54 valence electrons. The first-order chi connectivity index (χ1) is 4.13. The third-order valence-corrected chi connectivity index (χ3v) is 0.921. The second-order valence-electron chi connectivity index (χ2n) is 2.66. The van der Waals surface area contributed by atoms with Gasteiger partial charge in [-0.2, -0.15) is 0 Å². The second-order valence-corrected chi connectivity index (χ2v) is 2.66. The molecular formula is C8H16O. The van der Waals surface area contributed by atoms with Crippen molar-refractivity contribution in [3.63, 3.8) is 0 Å². The lowest BCUT2D eigenvalue weighted by Crippen LogP contribution is -2.01. The minimum absolute atomic E-state index is 0.348. The Balaban J connectivity index is 3.20. The summed E-state index contributed by atoms with van der Waals surface area (Å²) in [5, 5.41) is 0. The molecule has 0 aliphatic carbocycles. The summed E-state index contributed by atoms with van der Waals surface area (Å²) in [5.41, 5.74) is 1.32. The highest BCUT2D eigenvalue weighted by Crippen LogP contribution is 1.91. The van der Waals surface area contributed by atoms with Crippen molar-refractivity contribution in [1.82, 2.24) is 0 Å². The summed E-state index contributed by atoms with van der Waals surface area (Å²) in [6, 6.07) is 0. The van der Waals surface area contributed by atoms with Gasteiger partial charge in [-0.15, -0.1) is 0 Å². The number of hydrogen-bond donors (Lipinski definition) is 0. The first-order valence-corrected chi connectivity index (χ1v) is 3.38. The molecule has 0 aromatic heterocycles. The molecule has 1 nitrogen and oxygen atoms in total. The van der Waals surface area contributed by atoms with E-state index in [4.69, 9.17) is 4.74 Å². The zero-order chi connectivity index (χ0) is 7.28. The maximum Gasteiger partial charge on any atom is 0.0653 e. The van der Waals surface area contributed by atoms with Crippen LogP contribution in [0.25, 0.3) is 0 Å². The number of rotatable bonds is 3. The Labute approximate surface area is 57.7 Å². The molecule has 0 bridgehead atoms. The first-order valence-electron chi connectivity index (χ1n) is 3.38. The molecule has 0 rings (SSSR count). The van der Waals surface area contributed by atoms with Crippen molar-refractivity contribution in [2.24, 2.45) is 0 Å². The molecule has 9 heavy (non-hydrogen) atoms. The van der Waals surface area contributed by atoms with Crippen molar-refractivity contribution >= 4 is 0 Å². The largest absolute Gasteiger partial charge is 0.375 e. The molecule has 0 saturated heterocycles. The minimum Gasteiger partial charge on any atom is -0.375 e. The Morgan fingerprint density at radius 2 is 2.00 bits per heavy atom. The molecule has 0 saturated carbocycles. The standard InChI is InChI=1S/C8H16O/c1-7(2)5-6-9-8(3)4/h5,8H,6H2,1-4H3. The van der Waals surface area contributed by atoms with Crippen LogP contribution in [0, 0.1) is 0 Å². The zero-order valence-corrected chi connectivity index (χ0v) is 6.77. The molecule has 0 spiro atoms. The van der Waals surface area contributed by atoms with Gasteiger partial charge in [-0.25, -0.2) is 0 Å². The average molecular weight is 128 g/mol. The van der Waals surface area contributed by atoms with Crippen molar-refractivity contribution in [2.45, 2.75) is 33.8 Å². The molecule has 0 heterocycles. The van der Waals surface area contributed by atoms with E-state index in [0.29, 0.717) is 6.10 Å². The SMILES string of the molecule is CC(C)=CCOC(C)C. The zero-order valence-electron chi connectivity index (χ0n) is 6.77. The molecule has 0 aromatic carbocycles. The van der Waals surface area contributed by atoms with E-state index in [2.05, 4.69) is 19.9 Å². The number of ether oxygens (including phenoxy) is 1. The predicted molar refractivity (Wildman–Crippen MR) is 40.5 cm³/mol. The lowest BCUT2D eigenvalue weighted by molar-refractivity contribution is 0.102. The number of allylic oxidation sites excluding steroid dienone is 1. The van der Waals surface area contributed by atoms with Crippen LogP contribution in [-0.2, 0) is 4.74 Å². The van der Waals surface area contributed by atoms with E-state index in [9.17, 15) is 0 Å². The molecule has 0 aliphatic rings. The minimum atomic E-state index is 0.348. The van der Waals surface area contributed by atoms with Gasteiger partial charge < -0.3 is 4.74 Å². The third kappa shape index (κ3) is 7.70. The van der Waals surface area contributed by atoms with Crippen molar-refractivity contribution in [3.05, 3.63) is 11.6 Å². The molecule has 0 aromatic rings. The average Bonchev–Trinajstić information content (AvgIpc) is 1.63. The van der Waals surface area contributed by atoms with Gasteiger partial charge in [0.2, 0.25) is 0 Å². The van der Waals surface area contributed by atoms with Crippen molar-refractivity contribution in [2.75, 3.05) is 6.61 Å². The third-order valence-electron chi connectivity index (χ3n) is 0.921. The van der Waals surface area contributed by atoms with Crippen LogP contribution in [-0.4, -0.2) is 12.7 Å². The molecule has 0 atom stereocenters. The van der Waals surface area contributed by atoms with Crippen LogP contribution in [0.1, 0.15) is 27.7 Å². The lowest BCUT2D eigenvalue weighted by Gasteiger charge is -2.02. The van der Waals surface area contributed by atoms with E-state index in [-0.39, 0.29) is 0 Å². The second kappa shape index (κ2) is 4.57. The Bertz CT molecular complexity index is 88.7. The smallest absolute Gasteiger partial charge is 0.0653 e. The molecule has 0 fully saturated rings. The summed E-state index contributed by atoms with van der Waals surface area (Å²) in [4.78, 5) is 0. The van der Waals surface area contributed by atoms with E-state index in [1.807, 2.05) is 13.8 Å². The Kier molecular flexibility index (Phi) is 4.41. The highest BCUT2D eigenvalue weighted by atomic mass is 16.5. The van der Waals surface area contributed by atoms with Gasteiger partial charge >= 0.3 is 0 Å². The summed E-state index contributed by atoms with van der Waals surface area (Å²) in [5.74, 6) is 0. The van der Waals surface area contributed by atoms with Crippen molar-refractivity contribution in [3.8, 4) is 0 Å². The van der Waals surface area contributed by atoms with Crippen LogP contribution < -0.4 is 0 Å². The van der Waals surface area contributed by atoms with E-state index < -0.39 is 0 Å². The quantitative estimate of drug-likeness (QED) is 0.530. The lowest BCUT2D eigenvalue weighted by atomic mass is 10.3. The Morgan fingerprint density at radius 3 is 2.33 bits per heavy atom. The van der Waals surface area contributed by atoms with Gasteiger partial charge in [0.1, 0.15) is 0 Å². The monoisotopic (exact) mass is 128 g/mol. The molecule has 0 amide bonds. The van der Waals surface area contributed by atoms with Crippen molar-refractivity contribution < 1.29 is 4.74 Å². The number of hydrogen-bond acceptors (Lipinski definition) is 1. The molecule has 0 aliphatic heterocycles. The maximum atomic E-state index is 5.28. The summed E-state index contributed by atoms with van der Waals surface area (Å²) in [6.45, 7) is 8.98. The van der Waals surface area contributed by atoms with Crippen LogP contribution in [0.4, 0.5) is 0 Å². The van der Waals surface area contributed by atoms with Crippen LogP contribution >= 0.6 is 0 Å². The van der Waals surface area contributed by atoms with Gasteiger partial charge in [-0.1, -0.05) is 11.6 Å². The van der Waals surface area contributed by atoms with Gasteiger partial charge in [0.05, 0.1) is 12.7 Å². The van der Waals surface area contributed by atoms with Crippen LogP contribution in [0.5, 0.6) is 0 Å². The maximum absolute atomic E-state index is 5.28. The summed E-state index contributed by atoms with van der Waals surface area (Å²) in [6.07, 6.45) is 2.43. The van der Waals surface area contributed by atoms with E-state index in [1.165, 1.54) is 5.57 Å². The van der Waals surface area contributed by atoms with Gasteiger partial charge in [0, 0.05) is 0 Å². The molecule has 0 radical (unpaired) electrons. The topological polar surface area (TPSA) is 9.23 Å². The van der Waals surface area contributed by atoms with Crippen molar-refractivity contribution in [1.29, 1.82) is 0 Å². The molecule has 1 heteroatoms. The summed E-state index contributed by atoms with van der Waals surface area (Å²) < 4.78 is 5.28. The highest BCUT2D eigenvalue weighted by Gasteiger charge is 1.87. The normalized spacial score (nSPS) is 9.89. The fourth-order valence-corrected chi connectivity index (χ4v) is 0.407. The Morgan fingerprint density at radius 1 is 1.44 bits per heavy atom. The van der Waals surface area contributed by atoms with E-state index in [1.54, 1.807) is 0 Å². The highest BCUT2D eigenvalue weighted by molar-refractivity contribution is 4.92. The van der Waals surface area contributed by atoms with Crippen LogP contribution in [0.3, 0.4) is 0 Å². The van der Waals surface area contributed by atoms with E-state index in [0.717, 1.165) is 6.61 Å². The fraction of sp³-hybridized carbons (Fsp3) is 0.750. The van der Waals surface area contributed by atoms with Gasteiger partial charge in [0.15, 0.2) is 0 Å². The van der Waals surface area contributed by atoms with Gasteiger partial charge in [-0.3, -0.25) is 0 Å². The summed E-state index contributed by atoms with van der Waals surface area (Å²) in [7, 11) is 0. The molecule has 0 N–H and O–H groups in total. The predicted octanol–water partition coefficient (Wildman–Crippen LogP) is 2.38. The van der Waals surface area contributed by atoms with Crippen LogP contribution in [0.15, 0.2) is 11.6 Å². The molecular weight excluding hydrogens is 112 g/mol. The molecule has 0 unspecified atom stereocenters. The van der Waals surface area contributed by atoms with Gasteiger partial charge in [0.25, 0.3) is 0 Å². The fourth-order valence-electron chi connectivity index (χ4n) is 0.407.